The maximum absolute atomic E-state index is 12.6. The third kappa shape index (κ3) is 4.17. The van der Waals surface area contributed by atoms with Crippen molar-refractivity contribution in [3.63, 3.8) is 0 Å². The van der Waals surface area contributed by atoms with Crippen molar-refractivity contribution in [3.8, 4) is 5.75 Å². The van der Waals surface area contributed by atoms with Crippen LogP contribution in [0.2, 0.25) is 0 Å². The molecule has 5 nitrogen and oxygen atoms in total. The second-order valence-corrected chi connectivity index (χ2v) is 6.25. The summed E-state index contributed by atoms with van der Waals surface area (Å²) in [4.78, 5) is 16.7. The van der Waals surface area contributed by atoms with Gasteiger partial charge in [-0.2, -0.15) is 0 Å². The molecule has 24 heavy (non-hydrogen) atoms. The number of hydrogen-bond acceptors (Lipinski definition) is 4. The topological polar surface area (TPSA) is 45.9 Å². The molecule has 0 spiro atoms. The zero-order valence-electron chi connectivity index (χ0n) is 14.3. The molecule has 1 aliphatic rings. The fraction of sp³-hybridized carbons (Fsp3) is 0.421. The van der Waals surface area contributed by atoms with Gasteiger partial charge in [0.05, 0.1) is 12.8 Å². The highest BCUT2D eigenvalue weighted by molar-refractivity contribution is 5.81. The molecule has 128 valence electrons. The van der Waals surface area contributed by atoms with E-state index < -0.39 is 6.10 Å². The van der Waals surface area contributed by atoms with Gasteiger partial charge in [0.15, 0.2) is 6.10 Å². The second kappa shape index (κ2) is 7.53. The summed E-state index contributed by atoms with van der Waals surface area (Å²) in [5.74, 6) is 1.75. The molecule has 0 aliphatic carbocycles. The van der Waals surface area contributed by atoms with Crippen molar-refractivity contribution < 1.29 is 13.9 Å². The molecule has 0 radical (unpaired) electrons. The van der Waals surface area contributed by atoms with E-state index in [1.165, 1.54) is 5.56 Å². The Hall–Kier alpha value is -2.27. The summed E-state index contributed by atoms with van der Waals surface area (Å²) in [5, 5.41) is 0. The number of furan rings is 1. The van der Waals surface area contributed by atoms with Crippen LogP contribution in [-0.2, 0) is 11.3 Å². The van der Waals surface area contributed by atoms with Crippen molar-refractivity contribution in [2.24, 2.45) is 0 Å². The molecule has 5 heteroatoms. The van der Waals surface area contributed by atoms with Gasteiger partial charge in [0, 0.05) is 26.2 Å². The van der Waals surface area contributed by atoms with Gasteiger partial charge in [0.2, 0.25) is 0 Å². The summed E-state index contributed by atoms with van der Waals surface area (Å²) in [6.07, 6.45) is 1.23. The monoisotopic (exact) mass is 328 g/mol. The number of carbonyl (C=O) groups is 1. The van der Waals surface area contributed by atoms with Crippen LogP contribution in [0, 0.1) is 6.92 Å². The first-order valence-electron chi connectivity index (χ1n) is 8.38. The number of carbonyl (C=O) groups excluding carboxylic acids is 1. The number of piperazine rings is 1. The zero-order chi connectivity index (χ0) is 16.9. The van der Waals surface area contributed by atoms with Gasteiger partial charge >= 0.3 is 0 Å². The number of amides is 1. The molecular weight excluding hydrogens is 304 g/mol. The first-order chi connectivity index (χ1) is 11.6. The fourth-order valence-corrected chi connectivity index (χ4v) is 2.88. The highest BCUT2D eigenvalue weighted by atomic mass is 16.5. The lowest BCUT2D eigenvalue weighted by Gasteiger charge is -2.35. The Bertz CT molecular complexity index is 644. The number of benzene rings is 1. The van der Waals surface area contributed by atoms with Gasteiger partial charge in [0.1, 0.15) is 11.5 Å². The maximum atomic E-state index is 12.6. The van der Waals surface area contributed by atoms with E-state index in [0.29, 0.717) is 0 Å². The average Bonchev–Trinajstić information content (AvgIpc) is 3.10. The van der Waals surface area contributed by atoms with Gasteiger partial charge in [-0.15, -0.1) is 0 Å². The third-order valence-electron chi connectivity index (χ3n) is 4.33. The summed E-state index contributed by atoms with van der Waals surface area (Å²) in [6.45, 7) is 7.79. The SMILES string of the molecule is Cc1ccc(OC(C)C(=O)N2CCN(Cc3ccco3)CC2)cc1. The summed E-state index contributed by atoms with van der Waals surface area (Å²) >= 11 is 0. The van der Waals surface area contributed by atoms with E-state index >= 15 is 0 Å². The lowest BCUT2D eigenvalue weighted by molar-refractivity contribution is -0.139. The smallest absolute Gasteiger partial charge is 0.263 e. The van der Waals surface area contributed by atoms with E-state index in [-0.39, 0.29) is 5.91 Å². The molecule has 2 aromatic rings. The number of hydrogen-bond donors (Lipinski definition) is 0. The zero-order valence-corrected chi connectivity index (χ0v) is 14.3. The van der Waals surface area contributed by atoms with Crippen LogP contribution in [0.5, 0.6) is 5.75 Å². The summed E-state index contributed by atoms with van der Waals surface area (Å²) in [7, 11) is 0. The van der Waals surface area contributed by atoms with Gasteiger partial charge in [-0.1, -0.05) is 17.7 Å². The molecule has 2 heterocycles. The highest BCUT2D eigenvalue weighted by Crippen LogP contribution is 2.15. The van der Waals surface area contributed by atoms with Crippen molar-refractivity contribution >= 4 is 5.91 Å². The molecular formula is C19H24N2O3. The van der Waals surface area contributed by atoms with E-state index in [9.17, 15) is 4.79 Å². The molecule has 1 saturated heterocycles. The Balaban J connectivity index is 1.48. The number of rotatable bonds is 5. The van der Waals surface area contributed by atoms with Gasteiger partial charge in [-0.3, -0.25) is 9.69 Å². The Morgan fingerprint density at radius 2 is 1.88 bits per heavy atom. The van der Waals surface area contributed by atoms with Gasteiger partial charge in [-0.25, -0.2) is 0 Å². The molecule has 3 rings (SSSR count). The van der Waals surface area contributed by atoms with Crippen LogP contribution >= 0.6 is 0 Å². The van der Waals surface area contributed by atoms with Crippen molar-refractivity contribution in [2.75, 3.05) is 26.2 Å². The predicted molar refractivity (Wildman–Crippen MR) is 91.8 cm³/mol. The molecule has 1 atom stereocenters. The summed E-state index contributed by atoms with van der Waals surface area (Å²) in [6, 6.07) is 11.7. The molecule has 1 aromatic carbocycles. The molecule has 0 bridgehead atoms. The van der Waals surface area contributed by atoms with Crippen molar-refractivity contribution in [3.05, 3.63) is 54.0 Å². The van der Waals surface area contributed by atoms with Crippen molar-refractivity contribution in [1.29, 1.82) is 0 Å². The molecule has 0 saturated carbocycles. The van der Waals surface area contributed by atoms with Gasteiger partial charge in [0.25, 0.3) is 5.91 Å². The lowest BCUT2D eigenvalue weighted by Crippen LogP contribution is -2.51. The molecule has 1 amide bonds. The molecule has 1 aromatic heterocycles. The molecule has 1 aliphatic heterocycles. The molecule has 1 fully saturated rings. The van der Waals surface area contributed by atoms with E-state index in [1.54, 1.807) is 6.26 Å². The largest absolute Gasteiger partial charge is 0.481 e. The van der Waals surface area contributed by atoms with Crippen LogP contribution in [0.1, 0.15) is 18.2 Å². The standard InChI is InChI=1S/C19H24N2O3/c1-15-5-7-17(8-6-15)24-16(2)19(22)21-11-9-20(10-12-21)14-18-4-3-13-23-18/h3-8,13,16H,9-12,14H2,1-2H3. The quantitative estimate of drug-likeness (QED) is 0.847. The third-order valence-corrected chi connectivity index (χ3v) is 4.33. The number of aryl methyl sites for hydroxylation is 1. The Morgan fingerprint density at radius 3 is 2.50 bits per heavy atom. The minimum atomic E-state index is -0.468. The lowest BCUT2D eigenvalue weighted by atomic mass is 10.2. The van der Waals surface area contributed by atoms with Crippen LogP contribution in [-0.4, -0.2) is 48.0 Å². The van der Waals surface area contributed by atoms with Crippen LogP contribution in [0.15, 0.2) is 47.1 Å². The van der Waals surface area contributed by atoms with Gasteiger partial charge in [-0.05, 0) is 38.1 Å². The molecule has 0 N–H and O–H groups in total. The second-order valence-electron chi connectivity index (χ2n) is 6.25. The maximum Gasteiger partial charge on any atom is 0.263 e. The highest BCUT2D eigenvalue weighted by Gasteiger charge is 2.26. The summed E-state index contributed by atoms with van der Waals surface area (Å²) in [5.41, 5.74) is 1.18. The number of nitrogens with zero attached hydrogens (tertiary/aromatic N) is 2. The average molecular weight is 328 g/mol. The van der Waals surface area contributed by atoms with E-state index in [1.807, 2.05) is 55.1 Å². The Labute approximate surface area is 142 Å². The normalized spacial score (nSPS) is 16.8. The number of ether oxygens (including phenoxy) is 1. The minimum absolute atomic E-state index is 0.0493. The summed E-state index contributed by atoms with van der Waals surface area (Å²) < 4.78 is 11.2. The predicted octanol–water partition coefficient (Wildman–Crippen LogP) is 2.70. The van der Waals surface area contributed by atoms with Gasteiger partial charge < -0.3 is 14.1 Å². The van der Waals surface area contributed by atoms with Crippen LogP contribution in [0.3, 0.4) is 0 Å². The molecule has 1 unspecified atom stereocenters. The van der Waals surface area contributed by atoms with Crippen molar-refractivity contribution in [1.82, 2.24) is 9.80 Å². The Kier molecular flexibility index (Phi) is 5.20. The first kappa shape index (κ1) is 16.6. The van der Waals surface area contributed by atoms with Crippen molar-refractivity contribution in [2.45, 2.75) is 26.5 Å². The van der Waals surface area contributed by atoms with Crippen LogP contribution in [0.25, 0.3) is 0 Å². The van der Waals surface area contributed by atoms with Crippen LogP contribution in [0.4, 0.5) is 0 Å². The Morgan fingerprint density at radius 1 is 1.17 bits per heavy atom. The van der Waals surface area contributed by atoms with Crippen LogP contribution < -0.4 is 4.74 Å². The first-order valence-corrected chi connectivity index (χ1v) is 8.38. The van der Waals surface area contributed by atoms with E-state index in [4.69, 9.17) is 9.15 Å². The fourth-order valence-electron chi connectivity index (χ4n) is 2.88. The van der Waals surface area contributed by atoms with E-state index in [2.05, 4.69) is 4.90 Å². The minimum Gasteiger partial charge on any atom is -0.481 e. The van der Waals surface area contributed by atoms with E-state index in [0.717, 1.165) is 44.2 Å².